The summed E-state index contributed by atoms with van der Waals surface area (Å²) in [5, 5.41) is 8.95. The van der Waals surface area contributed by atoms with Crippen LogP contribution in [0.2, 0.25) is 0 Å². The molecule has 6 nitrogen and oxygen atoms in total. The zero-order chi connectivity index (χ0) is 28.3. The molecule has 6 heteroatoms. The van der Waals surface area contributed by atoms with Crippen LogP contribution in [0.4, 0.5) is 0 Å². The van der Waals surface area contributed by atoms with Crippen LogP contribution in [-0.4, -0.2) is 43.3 Å². The molecule has 0 aliphatic carbocycles. The van der Waals surface area contributed by atoms with Crippen LogP contribution < -0.4 is 16.0 Å². The Kier molecular flexibility index (Phi) is 26.8. The Balaban J connectivity index is 0. The molecule has 0 fully saturated rings. The highest BCUT2D eigenvalue weighted by atomic mass is 16.2. The standard InChI is InChI=1S/C15H23NO.C14H28N2O2.C2H6/c1-3-4-12-16-15(17)7-5-6-14-10-8-13(2)9-11-14;1-4-8-13(17)11-16-14(18)9-6-5-7-10-15-12(2)3;1-2/h8-11H,3-7,12H2,1-2H3,(H,16,17);12,15H,4-11H2,1-3H3,(H,16,18);1-2H3. The van der Waals surface area contributed by atoms with E-state index in [9.17, 15) is 14.4 Å². The zero-order valence-corrected chi connectivity index (χ0v) is 25.0. The Morgan fingerprint density at radius 3 is 1.95 bits per heavy atom. The Labute approximate surface area is 228 Å². The van der Waals surface area contributed by atoms with Gasteiger partial charge in [0.1, 0.15) is 0 Å². The average Bonchev–Trinajstić information content (AvgIpc) is 2.88. The Morgan fingerprint density at radius 1 is 0.730 bits per heavy atom. The fourth-order valence-corrected chi connectivity index (χ4v) is 3.33. The Hall–Kier alpha value is -2.21. The van der Waals surface area contributed by atoms with Gasteiger partial charge in [-0.2, -0.15) is 0 Å². The molecule has 0 heterocycles. The van der Waals surface area contributed by atoms with Crippen molar-refractivity contribution in [2.45, 2.75) is 125 Å². The maximum Gasteiger partial charge on any atom is 0.220 e. The number of benzene rings is 1. The van der Waals surface area contributed by atoms with Crippen LogP contribution >= 0.6 is 0 Å². The molecule has 0 bridgehead atoms. The van der Waals surface area contributed by atoms with Gasteiger partial charge in [-0.15, -0.1) is 0 Å². The normalized spacial score (nSPS) is 10.1. The monoisotopic (exact) mass is 519 g/mol. The molecule has 1 aromatic rings. The lowest BCUT2D eigenvalue weighted by Gasteiger charge is -2.07. The summed E-state index contributed by atoms with van der Waals surface area (Å²) in [7, 11) is 0. The lowest BCUT2D eigenvalue weighted by Crippen LogP contribution is -2.29. The summed E-state index contributed by atoms with van der Waals surface area (Å²) in [5.41, 5.74) is 2.60. The van der Waals surface area contributed by atoms with Crippen molar-refractivity contribution in [1.82, 2.24) is 16.0 Å². The fourth-order valence-electron chi connectivity index (χ4n) is 3.33. The molecule has 1 aromatic carbocycles. The minimum atomic E-state index is -0.00345. The SMILES string of the molecule is CC.CCCC(=O)CNC(=O)CCCCCNC(C)C.CCCCNC(=O)CCCc1ccc(C)cc1. The number of aryl methyl sites for hydroxylation is 2. The number of nitrogens with one attached hydrogen (secondary N) is 3. The average molecular weight is 520 g/mol. The van der Waals surface area contributed by atoms with Crippen LogP contribution in [-0.2, 0) is 20.8 Å². The number of ketones is 1. The van der Waals surface area contributed by atoms with Crippen LogP contribution in [0.15, 0.2) is 24.3 Å². The van der Waals surface area contributed by atoms with E-state index in [1.165, 1.54) is 11.1 Å². The summed E-state index contributed by atoms with van der Waals surface area (Å²) in [6, 6.07) is 9.06. The van der Waals surface area contributed by atoms with Gasteiger partial charge in [0.15, 0.2) is 5.78 Å². The van der Waals surface area contributed by atoms with Gasteiger partial charge in [0, 0.05) is 31.8 Å². The van der Waals surface area contributed by atoms with Gasteiger partial charge in [0.25, 0.3) is 0 Å². The van der Waals surface area contributed by atoms with Crippen molar-refractivity contribution in [2.24, 2.45) is 0 Å². The van der Waals surface area contributed by atoms with Gasteiger partial charge in [0.05, 0.1) is 6.54 Å². The second kappa shape index (κ2) is 26.8. The first-order chi connectivity index (χ1) is 17.8. The molecule has 3 N–H and O–H groups in total. The quantitative estimate of drug-likeness (QED) is 0.199. The third-order valence-electron chi connectivity index (χ3n) is 5.49. The van der Waals surface area contributed by atoms with Crippen molar-refractivity contribution in [2.75, 3.05) is 19.6 Å². The van der Waals surface area contributed by atoms with Crippen molar-refractivity contribution in [1.29, 1.82) is 0 Å². The number of unbranched alkanes of at least 4 members (excludes halogenated alkanes) is 3. The van der Waals surface area contributed by atoms with E-state index in [1.54, 1.807) is 0 Å². The first-order valence-corrected chi connectivity index (χ1v) is 14.6. The smallest absolute Gasteiger partial charge is 0.220 e. The van der Waals surface area contributed by atoms with E-state index < -0.39 is 0 Å². The minimum Gasteiger partial charge on any atom is -0.356 e. The largest absolute Gasteiger partial charge is 0.356 e. The van der Waals surface area contributed by atoms with Crippen molar-refractivity contribution in [3.63, 3.8) is 0 Å². The number of hydrogen-bond donors (Lipinski definition) is 3. The summed E-state index contributed by atoms with van der Waals surface area (Å²) in [6.07, 6.45) is 9.73. The topological polar surface area (TPSA) is 87.3 Å². The van der Waals surface area contributed by atoms with Gasteiger partial charge in [-0.3, -0.25) is 14.4 Å². The maximum absolute atomic E-state index is 11.5. The van der Waals surface area contributed by atoms with E-state index in [0.717, 1.165) is 64.5 Å². The molecule has 0 spiro atoms. The summed E-state index contributed by atoms with van der Waals surface area (Å²) < 4.78 is 0. The van der Waals surface area contributed by atoms with Crippen LogP contribution in [0, 0.1) is 6.92 Å². The molecule has 0 unspecified atom stereocenters. The molecule has 0 saturated heterocycles. The highest BCUT2D eigenvalue weighted by Gasteiger charge is 2.04. The van der Waals surface area contributed by atoms with E-state index in [0.29, 0.717) is 25.3 Å². The second-order valence-corrected chi connectivity index (χ2v) is 9.53. The van der Waals surface area contributed by atoms with Gasteiger partial charge < -0.3 is 16.0 Å². The van der Waals surface area contributed by atoms with Crippen LogP contribution in [0.25, 0.3) is 0 Å². The van der Waals surface area contributed by atoms with Crippen LogP contribution in [0.3, 0.4) is 0 Å². The fraction of sp³-hybridized carbons (Fsp3) is 0.710. The number of Topliss-reactive ketones (excluding diaryl/α,β-unsaturated/α-hetero) is 1. The summed E-state index contributed by atoms with van der Waals surface area (Å²) in [4.78, 5) is 34.1. The predicted molar refractivity (Wildman–Crippen MR) is 158 cm³/mol. The zero-order valence-electron chi connectivity index (χ0n) is 25.0. The first kappa shape index (κ1) is 36.9. The minimum absolute atomic E-state index is 0.00345. The molecule has 0 aromatic heterocycles. The van der Waals surface area contributed by atoms with Gasteiger partial charge in [0.2, 0.25) is 11.8 Å². The third-order valence-corrected chi connectivity index (χ3v) is 5.49. The number of carbonyl (C=O) groups is 3. The molecule has 0 saturated carbocycles. The first-order valence-electron chi connectivity index (χ1n) is 14.6. The van der Waals surface area contributed by atoms with Crippen molar-refractivity contribution >= 4 is 17.6 Å². The van der Waals surface area contributed by atoms with Gasteiger partial charge in [-0.1, -0.05) is 84.2 Å². The lowest BCUT2D eigenvalue weighted by atomic mass is 10.1. The van der Waals surface area contributed by atoms with E-state index in [4.69, 9.17) is 0 Å². The highest BCUT2D eigenvalue weighted by Crippen LogP contribution is 2.07. The predicted octanol–water partition coefficient (Wildman–Crippen LogP) is 6.29. The number of amides is 2. The number of carbonyl (C=O) groups excluding carboxylic acids is 3. The molecule has 214 valence electrons. The molecule has 2 amide bonds. The molecule has 37 heavy (non-hydrogen) atoms. The van der Waals surface area contributed by atoms with Crippen molar-refractivity contribution in [3.05, 3.63) is 35.4 Å². The van der Waals surface area contributed by atoms with E-state index in [2.05, 4.69) is 67.9 Å². The maximum atomic E-state index is 11.5. The van der Waals surface area contributed by atoms with Crippen molar-refractivity contribution in [3.8, 4) is 0 Å². The van der Waals surface area contributed by atoms with Gasteiger partial charge in [-0.05, 0) is 57.6 Å². The van der Waals surface area contributed by atoms with Gasteiger partial charge >= 0.3 is 0 Å². The second-order valence-electron chi connectivity index (χ2n) is 9.53. The lowest BCUT2D eigenvalue weighted by molar-refractivity contribution is -0.125. The Morgan fingerprint density at radius 2 is 1.35 bits per heavy atom. The van der Waals surface area contributed by atoms with Gasteiger partial charge in [-0.25, -0.2) is 0 Å². The molecular formula is C31H57N3O3. The van der Waals surface area contributed by atoms with E-state index in [-0.39, 0.29) is 24.1 Å². The summed E-state index contributed by atoms with van der Waals surface area (Å²) in [5.74, 6) is 0.300. The number of rotatable bonds is 18. The molecule has 0 aliphatic heterocycles. The molecule has 0 atom stereocenters. The summed E-state index contributed by atoms with van der Waals surface area (Å²) in [6.45, 7) is 16.5. The molecule has 1 rings (SSSR count). The van der Waals surface area contributed by atoms with Crippen LogP contribution in [0.1, 0.15) is 117 Å². The third kappa shape index (κ3) is 26.7. The van der Waals surface area contributed by atoms with Crippen molar-refractivity contribution < 1.29 is 14.4 Å². The number of hydrogen-bond acceptors (Lipinski definition) is 4. The van der Waals surface area contributed by atoms with E-state index in [1.807, 2.05) is 20.8 Å². The Bertz CT molecular complexity index is 687. The highest BCUT2D eigenvalue weighted by molar-refractivity contribution is 5.85. The molecular weight excluding hydrogens is 462 g/mol. The summed E-state index contributed by atoms with van der Waals surface area (Å²) >= 11 is 0. The molecule has 0 aliphatic rings. The van der Waals surface area contributed by atoms with Crippen LogP contribution in [0.5, 0.6) is 0 Å². The molecule has 0 radical (unpaired) electrons. The van der Waals surface area contributed by atoms with E-state index >= 15 is 0 Å².